The maximum Gasteiger partial charge on any atom is 0.188 e. The number of aromatic nitrogens is 2. The van der Waals surface area contributed by atoms with E-state index in [1.807, 2.05) is 6.92 Å². The largest absolute Gasteiger partial charge is 0.381 e. The lowest BCUT2D eigenvalue weighted by atomic mass is 10.2. The summed E-state index contributed by atoms with van der Waals surface area (Å²) in [4.78, 5) is 0. The van der Waals surface area contributed by atoms with Crippen molar-refractivity contribution in [2.24, 2.45) is 0 Å². The van der Waals surface area contributed by atoms with E-state index in [9.17, 15) is 5.11 Å². The van der Waals surface area contributed by atoms with Gasteiger partial charge in [-0.15, -0.1) is 0 Å². The Kier molecular flexibility index (Phi) is 4.06. The molecule has 0 radical (unpaired) electrons. The smallest absolute Gasteiger partial charge is 0.188 e. The second-order valence-corrected chi connectivity index (χ2v) is 2.86. The van der Waals surface area contributed by atoms with Crippen LogP contribution in [0.2, 0.25) is 0 Å². The molecule has 0 saturated carbocycles. The van der Waals surface area contributed by atoms with Gasteiger partial charge in [-0.3, -0.25) is 4.68 Å². The van der Waals surface area contributed by atoms with Crippen LogP contribution in [0.1, 0.15) is 18.7 Å². The number of hydrogen-bond donors (Lipinski definition) is 1. The summed E-state index contributed by atoms with van der Waals surface area (Å²) in [5.41, 5.74) is 0.696. The fourth-order valence-corrected chi connectivity index (χ4v) is 1.35. The molecule has 1 heterocycles. The molecule has 0 aromatic carbocycles. The van der Waals surface area contributed by atoms with Gasteiger partial charge < -0.3 is 14.6 Å². The Bertz CT molecular complexity index is 271. The highest BCUT2D eigenvalue weighted by molar-refractivity contribution is 5.05. The third kappa shape index (κ3) is 2.12. The molecule has 80 valence electrons. The maximum atomic E-state index is 9.87. The van der Waals surface area contributed by atoms with Crippen molar-refractivity contribution < 1.29 is 14.6 Å². The molecule has 0 aliphatic carbocycles. The predicted octanol–water partition coefficient (Wildman–Crippen LogP) is 0.555. The first-order chi connectivity index (χ1) is 6.74. The number of hydrogen-bond acceptors (Lipinski definition) is 4. The molecular formula is C9H16N2O3. The van der Waals surface area contributed by atoms with E-state index in [-0.39, 0.29) is 0 Å². The van der Waals surface area contributed by atoms with Crippen LogP contribution in [-0.4, -0.2) is 35.4 Å². The zero-order chi connectivity index (χ0) is 10.6. The highest BCUT2D eigenvalue weighted by Crippen LogP contribution is 2.18. The minimum Gasteiger partial charge on any atom is -0.381 e. The van der Waals surface area contributed by atoms with Crippen molar-refractivity contribution in [3.63, 3.8) is 0 Å². The molecule has 1 atom stereocenters. The lowest BCUT2D eigenvalue weighted by molar-refractivity contribution is -0.168. The Morgan fingerprint density at radius 3 is 2.64 bits per heavy atom. The molecule has 14 heavy (non-hydrogen) atoms. The van der Waals surface area contributed by atoms with Gasteiger partial charge in [-0.2, -0.15) is 5.10 Å². The number of aliphatic hydroxyl groups is 1. The Balaban J connectivity index is 2.81. The number of methoxy groups -OCH3 is 2. The van der Waals surface area contributed by atoms with Crippen LogP contribution in [0.25, 0.3) is 0 Å². The third-order valence-electron chi connectivity index (χ3n) is 2.07. The van der Waals surface area contributed by atoms with E-state index in [0.717, 1.165) is 0 Å². The molecule has 1 aromatic heterocycles. The lowest BCUT2D eigenvalue weighted by Gasteiger charge is -2.20. The molecule has 0 amide bonds. The normalized spacial score (nSPS) is 13.5. The number of ether oxygens (including phenoxy) is 2. The van der Waals surface area contributed by atoms with E-state index in [2.05, 4.69) is 5.10 Å². The summed E-state index contributed by atoms with van der Waals surface area (Å²) >= 11 is 0. The first-order valence-corrected chi connectivity index (χ1v) is 4.50. The molecular weight excluding hydrogens is 184 g/mol. The molecule has 0 saturated heterocycles. The topological polar surface area (TPSA) is 56.5 Å². The highest BCUT2D eigenvalue weighted by atomic mass is 16.7. The van der Waals surface area contributed by atoms with Crippen molar-refractivity contribution >= 4 is 0 Å². The summed E-state index contributed by atoms with van der Waals surface area (Å²) in [6, 6.07) is 1.75. The molecule has 0 spiro atoms. The lowest BCUT2D eigenvalue weighted by Crippen LogP contribution is -2.25. The number of rotatable bonds is 5. The van der Waals surface area contributed by atoms with Gasteiger partial charge in [-0.1, -0.05) is 0 Å². The van der Waals surface area contributed by atoms with E-state index in [1.54, 1.807) is 16.9 Å². The van der Waals surface area contributed by atoms with Crippen LogP contribution in [0.4, 0.5) is 0 Å². The van der Waals surface area contributed by atoms with Gasteiger partial charge in [0.25, 0.3) is 0 Å². The standard InChI is InChI=1S/C9H16N2O3/c1-4-11-7(5-6-10-11)8(12)9(13-2)14-3/h5-6,8-9,12H,4H2,1-3H3. The summed E-state index contributed by atoms with van der Waals surface area (Å²) in [6.07, 6.45) is 0.175. The third-order valence-corrected chi connectivity index (χ3v) is 2.07. The second-order valence-electron chi connectivity index (χ2n) is 2.86. The first-order valence-electron chi connectivity index (χ1n) is 4.50. The fraction of sp³-hybridized carbons (Fsp3) is 0.667. The van der Waals surface area contributed by atoms with E-state index < -0.39 is 12.4 Å². The summed E-state index contributed by atoms with van der Waals surface area (Å²) in [5, 5.41) is 13.9. The molecule has 0 aliphatic heterocycles. The van der Waals surface area contributed by atoms with E-state index in [1.165, 1.54) is 14.2 Å². The molecule has 0 bridgehead atoms. The van der Waals surface area contributed by atoms with Crippen molar-refractivity contribution in [3.05, 3.63) is 18.0 Å². The predicted molar refractivity (Wildman–Crippen MR) is 50.7 cm³/mol. The highest BCUT2D eigenvalue weighted by Gasteiger charge is 2.22. The van der Waals surface area contributed by atoms with E-state index >= 15 is 0 Å². The summed E-state index contributed by atoms with van der Waals surface area (Å²) in [6.45, 7) is 2.66. The minimum atomic E-state index is -0.813. The van der Waals surface area contributed by atoms with E-state index in [4.69, 9.17) is 9.47 Å². The number of aliphatic hydroxyl groups excluding tert-OH is 1. The average molecular weight is 200 g/mol. The first kappa shape index (κ1) is 11.2. The van der Waals surface area contributed by atoms with Gasteiger partial charge in [-0.05, 0) is 13.0 Å². The Morgan fingerprint density at radius 2 is 2.14 bits per heavy atom. The van der Waals surface area contributed by atoms with Crippen LogP contribution in [0, 0.1) is 0 Å². The zero-order valence-electron chi connectivity index (χ0n) is 8.67. The van der Waals surface area contributed by atoms with Crippen LogP contribution >= 0.6 is 0 Å². The second kappa shape index (κ2) is 5.09. The molecule has 0 fully saturated rings. The number of aryl methyl sites for hydroxylation is 1. The van der Waals surface area contributed by atoms with Crippen LogP contribution in [0.15, 0.2) is 12.3 Å². The molecule has 1 N–H and O–H groups in total. The zero-order valence-corrected chi connectivity index (χ0v) is 8.67. The van der Waals surface area contributed by atoms with E-state index in [0.29, 0.717) is 12.2 Å². The molecule has 1 rings (SSSR count). The van der Waals surface area contributed by atoms with Crippen LogP contribution < -0.4 is 0 Å². The van der Waals surface area contributed by atoms with Crippen LogP contribution in [0.3, 0.4) is 0 Å². The fourth-order valence-electron chi connectivity index (χ4n) is 1.35. The Labute approximate surface area is 83.2 Å². The van der Waals surface area contributed by atoms with Crippen LogP contribution in [-0.2, 0) is 16.0 Å². The van der Waals surface area contributed by atoms with Gasteiger partial charge in [0.15, 0.2) is 6.29 Å². The Morgan fingerprint density at radius 1 is 1.50 bits per heavy atom. The monoisotopic (exact) mass is 200 g/mol. The van der Waals surface area contributed by atoms with Crippen molar-refractivity contribution in [1.82, 2.24) is 9.78 Å². The molecule has 5 heteroatoms. The Hall–Kier alpha value is -0.910. The number of nitrogens with zero attached hydrogens (tertiary/aromatic N) is 2. The van der Waals surface area contributed by atoms with Crippen LogP contribution in [0.5, 0.6) is 0 Å². The summed E-state index contributed by atoms with van der Waals surface area (Å²) < 4.78 is 11.6. The van der Waals surface area contributed by atoms with Crippen molar-refractivity contribution in [3.8, 4) is 0 Å². The van der Waals surface area contributed by atoms with Crippen molar-refractivity contribution in [1.29, 1.82) is 0 Å². The maximum absolute atomic E-state index is 9.87. The van der Waals surface area contributed by atoms with Gasteiger partial charge in [0.1, 0.15) is 6.10 Å². The molecule has 0 aliphatic rings. The van der Waals surface area contributed by atoms with Crippen molar-refractivity contribution in [2.45, 2.75) is 25.9 Å². The summed E-state index contributed by atoms with van der Waals surface area (Å²) in [5.74, 6) is 0. The van der Waals surface area contributed by atoms with Gasteiger partial charge in [0, 0.05) is 27.0 Å². The average Bonchev–Trinajstić information content (AvgIpc) is 2.67. The summed E-state index contributed by atoms with van der Waals surface area (Å²) in [7, 11) is 2.98. The molecule has 5 nitrogen and oxygen atoms in total. The molecule has 1 aromatic rings. The van der Waals surface area contributed by atoms with Crippen molar-refractivity contribution in [2.75, 3.05) is 14.2 Å². The van der Waals surface area contributed by atoms with Gasteiger partial charge in [0.05, 0.1) is 5.69 Å². The molecule has 1 unspecified atom stereocenters. The van der Waals surface area contributed by atoms with Gasteiger partial charge in [-0.25, -0.2) is 0 Å². The quantitative estimate of drug-likeness (QED) is 0.705. The SMILES string of the molecule is CCn1nccc1C(O)C(OC)OC. The van der Waals surface area contributed by atoms with Gasteiger partial charge >= 0.3 is 0 Å². The minimum absolute atomic E-state index is 0.656. The van der Waals surface area contributed by atoms with Gasteiger partial charge in [0.2, 0.25) is 0 Å².